The van der Waals surface area contributed by atoms with E-state index in [0.29, 0.717) is 5.56 Å². The molecule has 0 atom stereocenters. The molecular formula is C44H37IrN3O-2. The summed E-state index contributed by atoms with van der Waals surface area (Å²) in [5, 5.41) is 11.9. The fourth-order valence-electron chi connectivity index (χ4n) is 6.65. The first-order valence-corrected chi connectivity index (χ1v) is 16.4. The Kier molecular flexibility index (Phi) is 9.41. The summed E-state index contributed by atoms with van der Waals surface area (Å²) in [4.78, 5) is 8.98. The fraction of sp³-hybridized carbons (Fsp3) is 0.205. The Morgan fingerprint density at radius 3 is 2.27 bits per heavy atom. The van der Waals surface area contributed by atoms with Gasteiger partial charge < -0.3 is 14.4 Å². The molecule has 245 valence electrons. The van der Waals surface area contributed by atoms with Gasteiger partial charge in [0.25, 0.3) is 0 Å². The predicted octanol–water partition coefficient (Wildman–Crippen LogP) is 11.0. The van der Waals surface area contributed by atoms with Crippen molar-refractivity contribution in [3.05, 3.63) is 144 Å². The quantitative estimate of drug-likeness (QED) is 0.167. The van der Waals surface area contributed by atoms with E-state index in [2.05, 4.69) is 93.1 Å². The van der Waals surface area contributed by atoms with Crippen LogP contribution in [0.25, 0.3) is 55.6 Å². The number of benzene rings is 4. The van der Waals surface area contributed by atoms with Gasteiger partial charge >= 0.3 is 0 Å². The molecule has 0 aliphatic heterocycles. The van der Waals surface area contributed by atoms with Gasteiger partial charge in [-0.15, -0.1) is 54.1 Å². The summed E-state index contributed by atoms with van der Waals surface area (Å²) in [6, 6.07) is 41.2. The molecule has 8 rings (SSSR count). The molecule has 0 bridgehead atoms. The molecule has 4 aromatic carbocycles. The third-order valence-electron chi connectivity index (χ3n) is 9.09. The van der Waals surface area contributed by atoms with E-state index in [4.69, 9.17) is 4.42 Å². The summed E-state index contributed by atoms with van der Waals surface area (Å²) < 4.78 is 6.50. The van der Waals surface area contributed by atoms with E-state index in [1.54, 1.807) is 6.20 Å². The summed E-state index contributed by atoms with van der Waals surface area (Å²) in [7, 11) is 0. The maximum Gasteiger partial charge on any atom is 0.130 e. The van der Waals surface area contributed by atoms with Crippen LogP contribution in [0.1, 0.15) is 56.9 Å². The standard InChI is InChI=1S/C29H21N2O.C15H16N.Ir/c1-29(2)15-19-10-9-18(14-21(19)16-29)26-20(17-30)11-12-23-22-6-5-7-24(27(22)32-28(23)26)25-8-3-4-13-31-25;1-15(2,3)13-9-10-14(16-11-13)12-7-5-4-6-8-12;/h3-6,8-14H,15-16H2,1-2H3;4-7,9-11H,1-3H3;/q2*-1;. The third-order valence-corrected chi connectivity index (χ3v) is 9.09. The van der Waals surface area contributed by atoms with Gasteiger partial charge in [-0.2, -0.15) is 5.26 Å². The molecule has 0 unspecified atom stereocenters. The van der Waals surface area contributed by atoms with E-state index < -0.39 is 0 Å². The Morgan fingerprint density at radius 1 is 0.776 bits per heavy atom. The minimum atomic E-state index is 0. The maximum absolute atomic E-state index is 9.92. The molecule has 0 saturated heterocycles. The molecule has 0 N–H and O–H groups in total. The van der Waals surface area contributed by atoms with Crippen molar-refractivity contribution in [2.45, 2.75) is 52.9 Å². The van der Waals surface area contributed by atoms with Gasteiger partial charge in [0, 0.05) is 43.4 Å². The fourth-order valence-corrected chi connectivity index (χ4v) is 6.65. The number of hydrogen-bond acceptors (Lipinski definition) is 4. The molecule has 4 nitrogen and oxygen atoms in total. The minimum absolute atomic E-state index is 0. The Bertz CT molecular complexity index is 2290. The zero-order valence-corrected chi connectivity index (χ0v) is 30.8. The minimum Gasteiger partial charge on any atom is -0.500 e. The molecular weight excluding hydrogens is 779 g/mol. The smallest absolute Gasteiger partial charge is 0.130 e. The van der Waals surface area contributed by atoms with Gasteiger partial charge in [-0.25, -0.2) is 0 Å². The number of pyridine rings is 2. The zero-order chi connectivity index (χ0) is 33.5. The normalized spacial score (nSPS) is 13.2. The Morgan fingerprint density at radius 2 is 1.57 bits per heavy atom. The molecule has 3 heterocycles. The summed E-state index contributed by atoms with van der Waals surface area (Å²) in [5.41, 5.74) is 12.1. The van der Waals surface area contributed by atoms with Gasteiger partial charge in [0.2, 0.25) is 0 Å². The van der Waals surface area contributed by atoms with Gasteiger partial charge in [-0.3, -0.25) is 0 Å². The molecule has 3 aromatic heterocycles. The molecule has 0 spiro atoms. The third kappa shape index (κ3) is 6.86. The number of nitrogens with zero attached hydrogens (tertiary/aromatic N) is 3. The summed E-state index contributed by atoms with van der Waals surface area (Å²) in [6.45, 7) is 11.2. The van der Waals surface area contributed by atoms with Gasteiger partial charge in [0.1, 0.15) is 5.58 Å². The Balaban J connectivity index is 0.000000208. The predicted molar refractivity (Wildman–Crippen MR) is 194 cm³/mol. The van der Waals surface area contributed by atoms with Crippen LogP contribution in [0.15, 0.2) is 114 Å². The van der Waals surface area contributed by atoms with Crippen LogP contribution in [-0.2, 0) is 38.4 Å². The van der Waals surface area contributed by atoms with Crippen molar-refractivity contribution in [3.8, 4) is 39.7 Å². The number of hydrogen-bond donors (Lipinski definition) is 0. The summed E-state index contributed by atoms with van der Waals surface area (Å²) >= 11 is 0. The average molecular weight is 816 g/mol. The van der Waals surface area contributed by atoms with Gasteiger partial charge in [-0.1, -0.05) is 94.1 Å². The zero-order valence-electron chi connectivity index (χ0n) is 28.4. The van der Waals surface area contributed by atoms with E-state index in [1.165, 1.54) is 16.7 Å². The molecule has 0 fully saturated rings. The summed E-state index contributed by atoms with van der Waals surface area (Å²) in [5.74, 6) is 0. The van der Waals surface area contributed by atoms with E-state index in [0.717, 1.165) is 68.4 Å². The van der Waals surface area contributed by atoms with E-state index in [-0.39, 0.29) is 30.9 Å². The number of nitriles is 1. The van der Waals surface area contributed by atoms with Crippen molar-refractivity contribution in [1.82, 2.24) is 9.97 Å². The second-order valence-corrected chi connectivity index (χ2v) is 14.3. The van der Waals surface area contributed by atoms with Crippen LogP contribution in [0.4, 0.5) is 0 Å². The van der Waals surface area contributed by atoms with E-state index in [9.17, 15) is 5.26 Å². The van der Waals surface area contributed by atoms with E-state index >= 15 is 0 Å². The van der Waals surface area contributed by atoms with Crippen molar-refractivity contribution in [2.24, 2.45) is 5.41 Å². The first-order valence-electron chi connectivity index (χ1n) is 16.4. The maximum atomic E-state index is 9.92. The molecule has 7 aromatic rings. The van der Waals surface area contributed by atoms with Gasteiger partial charge in [0.05, 0.1) is 17.2 Å². The molecule has 5 heteroatoms. The molecule has 0 saturated carbocycles. The SMILES string of the molecule is CC(C)(C)c1ccc(-c2[c-]cccc2)nc1.CC1(C)Cc2ccc(-c3c(C#N)ccc4c3oc3c(-c5ccccn5)[c-]ccc34)cc2C1.[Ir]. The topological polar surface area (TPSA) is 62.7 Å². The number of furan rings is 1. The van der Waals surface area contributed by atoms with Crippen LogP contribution >= 0.6 is 0 Å². The second-order valence-electron chi connectivity index (χ2n) is 14.3. The molecule has 49 heavy (non-hydrogen) atoms. The van der Waals surface area contributed by atoms with Gasteiger partial charge in [-0.05, 0) is 69.4 Å². The Hall–Kier alpha value is -4.88. The van der Waals surface area contributed by atoms with Crippen molar-refractivity contribution >= 4 is 21.9 Å². The Labute approximate surface area is 302 Å². The first-order chi connectivity index (χ1) is 23.1. The van der Waals surface area contributed by atoms with Crippen molar-refractivity contribution in [3.63, 3.8) is 0 Å². The van der Waals surface area contributed by atoms with E-state index in [1.807, 2.05) is 72.9 Å². The van der Waals surface area contributed by atoms with Gasteiger partial charge in [0.15, 0.2) is 0 Å². The second kappa shape index (κ2) is 13.6. The van der Waals surface area contributed by atoms with Crippen molar-refractivity contribution in [1.29, 1.82) is 5.26 Å². The van der Waals surface area contributed by atoms with Crippen molar-refractivity contribution in [2.75, 3.05) is 0 Å². The van der Waals surface area contributed by atoms with Crippen LogP contribution in [0.3, 0.4) is 0 Å². The molecule has 1 aliphatic rings. The first kappa shape index (κ1) is 34.0. The average Bonchev–Trinajstić information content (AvgIpc) is 3.63. The van der Waals surface area contributed by atoms with Crippen LogP contribution in [-0.4, -0.2) is 9.97 Å². The van der Waals surface area contributed by atoms with Crippen LogP contribution in [0, 0.1) is 28.9 Å². The molecule has 1 aliphatic carbocycles. The number of aromatic nitrogens is 2. The van der Waals surface area contributed by atoms with Crippen LogP contribution in [0.5, 0.6) is 0 Å². The molecule has 1 radical (unpaired) electrons. The van der Waals surface area contributed by atoms with Crippen LogP contribution in [0.2, 0.25) is 0 Å². The number of rotatable bonds is 3. The molecule has 0 amide bonds. The summed E-state index contributed by atoms with van der Waals surface area (Å²) in [6.07, 6.45) is 5.87. The van der Waals surface area contributed by atoms with Crippen molar-refractivity contribution < 1.29 is 24.5 Å². The monoisotopic (exact) mass is 816 g/mol. The van der Waals surface area contributed by atoms with Crippen LogP contribution < -0.4 is 0 Å². The largest absolute Gasteiger partial charge is 0.500 e. The number of fused-ring (bicyclic) bond motifs is 4.